The van der Waals surface area contributed by atoms with Crippen LogP contribution in [-0.4, -0.2) is 37.7 Å². The molecule has 1 aromatic carbocycles. The molecule has 0 spiro atoms. The molecule has 2 unspecified atom stereocenters. The van der Waals surface area contributed by atoms with Crippen molar-refractivity contribution in [3.63, 3.8) is 0 Å². The van der Waals surface area contributed by atoms with Crippen LogP contribution < -0.4 is 0 Å². The normalized spacial score (nSPS) is 13.0. The van der Waals surface area contributed by atoms with Crippen LogP contribution in [-0.2, 0) is 10.8 Å². The first-order chi connectivity index (χ1) is 14.6. The molecule has 156 valence electrons. The maximum Gasteiger partial charge on any atom is 0.115 e. The molecule has 7 heteroatoms. The van der Waals surface area contributed by atoms with E-state index in [1.54, 1.807) is 11.3 Å². The summed E-state index contributed by atoms with van der Waals surface area (Å²) in [7, 11) is -1.02. The van der Waals surface area contributed by atoms with Crippen molar-refractivity contribution >= 4 is 33.9 Å². The fourth-order valence-electron chi connectivity index (χ4n) is 2.96. The third-order valence-corrected chi connectivity index (χ3v) is 7.99. The van der Waals surface area contributed by atoms with Crippen LogP contribution in [0.25, 0.3) is 21.7 Å². The Bertz CT molecular complexity index is 1010. The largest absolute Gasteiger partial charge is 0.391 e. The lowest BCUT2D eigenvalue weighted by Crippen LogP contribution is -2.21. The molecular weight excluding hydrogens is 432 g/mol. The van der Waals surface area contributed by atoms with Gasteiger partial charge in [0.2, 0.25) is 0 Å². The number of benzene rings is 1. The standard InChI is InChI=1S/C23H24N2O2S3/c1-2-3-12-30(27)16-18(26)15-29-23-20(14-24)19(17-8-5-4-6-9-17)13-21(25-23)22-10-7-11-28-22/h4-11,13,18,26H,2-3,12,15-16H2,1H3. The Kier molecular flexibility index (Phi) is 8.64. The minimum Gasteiger partial charge on any atom is -0.391 e. The van der Waals surface area contributed by atoms with Gasteiger partial charge in [-0.25, -0.2) is 4.98 Å². The molecule has 2 aromatic heterocycles. The quantitative estimate of drug-likeness (QED) is 0.416. The molecular formula is C23H24N2O2S3. The fourth-order valence-corrected chi connectivity index (χ4v) is 6.05. The molecule has 0 aliphatic rings. The molecule has 3 rings (SSSR count). The minimum absolute atomic E-state index is 0.255. The Balaban J connectivity index is 1.88. The third kappa shape index (κ3) is 6.02. The smallest absolute Gasteiger partial charge is 0.115 e. The Morgan fingerprint density at radius 3 is 2.73 bits per heavy atom. The van der Waals surface area contributed by atoms with Crippen molar-refractivity contribution in [2.24, 2.45) is 0 Å². The molecule has 4 nitrogen and oxygen atoms in total. The molecule has 0 aliphatic carbocycles. The summed E-state index contributed by atoms with van der Waals surface area (Å²) >= 11 is 2.95. The maximum atomic E-state index is 12.1. The Hall–Kier alpha value is -1.98. The van der Waals surface area contributed by atoms with Crippen LogP contribution in [0.1, 0.15) is 25.3 Å². The van der Waals surface area contributed by atoms with Crippen molar-refractivity contribution in [1.82, 2.24) is 4.98 Å². The van der Waals surface area contributed by atoms with Crippen molar-refractivity contribution in [3.8, 4) is 27.8 Å². The lowest BCUT2D eigenvalue weighted by molar-refractivity contribution is 0.224. The van der Waals surface area contributed by atoms with Crippen molar-refractivity contribution in [2.45, 2.75) is 30.9 Å². The number of hydrogen-bond acceptors (Lipinski definition) is 6. The predicted octanol–water partition coefficient (Wildman–Crippen LogP) is 5.35. The number of unbranched alkanes of at least 4 members (excludes halogenated alkanes) is 1. The first-order valence-electron chi connectivity index (χ1n) is 9.82. The van der Waals surface area contributed by atoms with Gasteiger partial charge in [-0.05, 0) is 29.5 Å². The number of aromatic nitrogens is 1. The van der Waals surface area contributed by atoms with Crippen molar-refractivity contribution < 1.29 is 9.32 Å². The van der Waals surface area contributed by atoms with E-state index in [1.807, 2.05) is 53.9 Å². The highest BCUT2D eigenvalue weighted by atomic mass is 32.2. The lowest BCUT2D eigenvalue weighted by Gasteiger charge is -2.14. The number of hydrogen-bond donors (Lipinski definition) is 1. The monoisotopic (exact) mass is 456 g/mol. The van der Waals surface area contributed by atoms with E-state index in [2.05, 4.69) is 13.0 Å². The van der Waals surface area contributed by atoms with E-state index in [1.165, 1.54) is 11.8 Å². The molecule has 1 N–H and O–H groups in total. The average Bonchev–Trinajstić information content (AvgIpc) is 3.31. The van der Waals surface area contributed by atoms with E-state index in [0.29, 0.717) is 22.1 Å². The van der Waals surface area contributed by atoms with Crippen LogP contribution in [0.3, 0.4) is 0 Å². The van der Waals surface area contributed by atoms with Crippen molar-refractivity contribution in [2.75, 3.05) is 17.3 Å². The van der Waals surface area contributed by atoms with E-state index in [9.17, 15) is 14.6 Å². The van der Waals surface area contributed by atoms with Gasteiger partial charge in [0.05, 0.1) is 28.0 Å². The Labute approximate surface area is 188 Å². The number of thiophene rings is 1. The first-order valence-corrected chi connectivity index (χ1v) is 13.2. The number of aliphatic hydroxyl groups excluding tert-OH is 1. The minimum atomic E-state index is -1.02. The van der Waals surface area contributed by atoms with Crippen LogP contribution >= 0.6 is 23.1 Å². The summed E-state index contributed by atoms with van der Waals surface area (Å²) in [5.74, 6) is 1.22. The van der Waals surface area contributed by atoms with Crippen LogP contribution in [0.4, 0.5) is 0 Å². The summed E-state index contributed by atoms with van der Waals surface area (Å²) < 4.78 is 12.1. The maximum absolute atomic E-state index is 12.1. The first kappa shape index (κ1) is 22.7. The third-order valence-electron chi connectivity index (χ3n) is 4.47. The summed E-state index contributed by atoms with van der Waals surface area (Å²) in [5, 5.41) is 22.8. The van der Waals surface area contributed by atoms with Gasteiger partial charge in [0, 0.05) is 27.9 Å². The number of pyridine rings is 1. The highest BCUT2D eigenvalue weighted by Gasteiger charge is 2.18. The van der Waals surface area contributed by atoms with Gasteiger partial charge in [-0.2, -0.15) is 5.26 Å². The van der Waals surface area contributed by atoms with Crippen molar-refractivity contribution in [3.05, 3.63) is 59.5 Å². The number of rotatable bonds is 10. The van der Waals surface area contributed by atoms with Gasteiger partial charge < -0.3 is 5.11 Å². The van der Waals surface area contributed by atoms with Gasteiger partial charge in [-0.1, -0.05) is 49.7 Å². The lowest BCUT2D eigenvalue weighted by atomic mass is 10.0. The molecule has 2 atom stereocenters. The molecule has 3 aromatic rings. The average molecular weight is 457 g/mol. The van der Waals surface area contributed by atoms with Gasteiger partial charge in [0.15, 0.2) is 0 Å². The molecule has 0 fully saturated rings. The van der Waals surface area contributed by atoms with Gasteiger partial charge in [-0.15, -0.1) is 23.1 Å². The second-order valence-corrected chi connectivity index (χ2v) is 10.4. The second kappa shape index (κ2) is 11.4. The zero-order valence-electron chi connectivity index (χ0n) is 16.8. The number of aliphatic hydroxyl groups is 1. The summed E-state index contributed by atoms with van der Waals surface area (Å²) in [6.45, 7) is 2.06. The van der Waals surface area contributed by atoms with E-state index in [4.69, 9.17) is 4.98 Å². The van der Waals surface area contributed by atoms with E-state index < -0.39 is 16.9 Å². The van der Waals surface area contributed by atoms with Gasteiger partial charge in [0.25, 0.3) is 0 Å². The molecule has 0 saturated carbocycles. The molecule has 0 radical (unpaired) electrons. The SMILES string of the molecule is CCCCS(=O)CC(O)CSc1nc(-c2cccs2)cc(-c2ccccc2)c1C#N. The van der Waals surface area contributed by atoms with Crippen LogP contribution in [0.2, 0.25) is 0 Å². The Morgan fingerprint density at radius 1 is 1.27 bits per heavy atom. The second-order valence-electron chi connectivity index (χ2n) is 6.82. The van der Waals surface area contributed by atoms with Crippen molar-refractivity contribution in [1.29, 1.82) is 5.26 Å². The van der Waals surface area contributed by atoms with Crippen LogP contribution in [0.15, 0.2) is 58.9 Å². The van der Waals surface area contributed by atoms with Gasteiger partial charge >= 0.3 is 0 Å². The molecule has 0 amide bonds. The van der Waals surface area contributed by atoms with Gasteiger partial charge in [-0.3, -0.25) is 4.21 Å². The molecule has 30 heavy (non-hydrogen) atoms. The Morgan fingerprint density at radius 2 is 2.07 bits per heavy atom. The highest BCUT2D eigenvalue weighted by Crippen LogP contribution is 2.35. The molecule has 2 heterocycles. The molecule has 0 bridgehead atoms. The van der Waals surface area contributed by atoms with E-state index in [0.717, 1.165) is 34.5 Å². The zero-order chi connectivity index (χ0) is 21.3. The predicted molar refractivity (Wildman–Crippen MR) is 127 cm³/mol. The van der Waals surface area contributed by atoms with Crippen LogP contribution in [0, 0.1) is 11.3 Å². The highest BCUT2D eigenvalue weighted by molar-refractivity contribution is 7.99. The van der Waals surface area contributed by atoms with E-state index in [-0.39, 0.29) is 5.75 Å². The fraction of sp³-hybridized carbons (Fsp3) is 0.304. The summed E-state index contributed by atoms with van der Waals surface area (Å²) in [5.41, 5.74) is 3.11. The number of nitrogens with zero attached hydrogens (tertiary/aromatic N) is 2. The number of nitriles is 1. The summed E-state index contributed by atoms with van der Waals surface area (Å²) in [6.07, 6.45) is 1.19. The molecule has 0 aliphatic heterocycles. The van der Waals surface area contributed by atoms with E-state index >= 15 is 0 Å². The molecule has 0 saturated heterocycles. The zero-order valence-corrected chi connectivity index (χ0v) is 19.2. The summed E-state index contributed by atoms with van der Waals surface area (Å²) in [6, 6.07) is 18.1. The van der Waals surface area contributed by atoms with Crippen LogP contribution in [0.5, 0.6) is 0 Å². The summed E-state index contributed by atoms with van der Waals surface area (Å²) in [4.78, 5) is 5.76. The number of thioether (sulfide) groups is 1. The van der Waals surface area contributed by atoms with Gasteiger partial charge in [0.1, 0.15) is 11.1 Å². The topological polar surface area (TPSA) is 74.0 Å².